The van der Waals surface area contributed by atoms with E-state index in [9.17, 15) is 10.1 Å². The number of hydrogen-bond donors (Lipinski definition) is 3. The van der Waals surface area contributed by atoms with Gasteiger partial charge in [-0.15, -0.1) is 10.2 Å². The Balaban J connectivity index is 0.000000271. The second-order valence-corrected chi connectivity index (χ2v) is 14.4. The highest BCUT2D eigenvalue weighted by molar-refractivity contribution is 8.13. The first-order valence-electron chi connectivity index (χ1n) is 18.7. The molecule has 5 rings (SSSR count). The number of amidine groups is 2. The number of thioether (sulfide) groups is 3. The standard InChI is InChI=1S/C18H19N7O3S2.C12H20N4OS.C8H13N3O/c1-4-19-17(29-3)22-15-13(9-20-11(2)21-15)10-30-18-24-23-16(28-18)12-5-7-14(8-6-12)25(26)27;1-5-13-12(18-4)16-11-10(8-17-6-2)7-14-9(3)15-11;1-3-12-5-7-4-10-6(2)11-8(7)9/h5-9H,4,10H2,1-3H3,(H,19,20,21,22);7H,5-6,8H2,1-4H3,(H,13,14,15,16);4H,3,5H2,1-2H3,(H2,9,10,11). The summed E-state index contributed by atoms with van der Waals surface area (Å²) in [5.41, 5.74) is 8.91. The van der Waals surface area contributed by atoms with Crippen LogP contribution in [0, 0.1) is 30.9 Å². The summed E-state index contributed by atoms with van der Waals surface area (Å²) < 4.78 is 16.3. The highest BCUT2D eigenvalue weighted by Crippen LogP contribution is 2.29. The van der Waals surface area contributed by atoms with E-state index >= 15 is 0 Å². The van der Waals surface area contributed by atoms with E-state index in [4.69, 9.17) is 19.6 Å². The minimum Gasteiger partial charge on any atom is -0.411 e. The van der Waals surface area contributed by atoms with E-state index in [1.165, 1.54) is 35.7 Å². The van der Waals surface area contributed by atoms with Crippen molar-refractivity contribution in [1.82, 2.24) is 40.1 Å². The van der Waals surface area contributed by atoms with Crippen molar-refractivity contribution >= 4 is 68.8 Å². The van der Waals surface area contributed by atoms with Gasteiger partial charge in [-0.3, -0.25) is 20.1 Å². The van der Waals surface area contributed by atoms with Gasteiger partial charge in [0.05, 0.1) is 18.1 Å². The first-order chi connectivity index (χ1) is 28.9. The summed E-state index contributed by atoms with van der Waals surface area (Å²) in [7, 11) is 0. The summed E-state index contributed by atoms with van der Waals surface area (Å²) >= 11 is 4.43. The van der Waals surface area contributed by atoms with Crippen LogP contribution < -0.4 is 16.4 Å². The number of aromatic nitrogens is 8. The number of nitro groups is 1. The van der Waals surface area contributed by atoms with Gasteiger partial charge in [0.25, 0.3) is 10.9 Å². The van der Waals surface area contributed by atoms with E-state index < -0.39 is 4.92 Å². The van der Waals surface area contributed by atoms with Crippen LogP contribution in [-0.4, -0.2) is 94.2 Å². The van der Waals surface area contributed by atoms with E-state index in [0.29, 0.717) is 78.7 Å². The Morgan fingerprint density at radius 1 is 0.767 bits per heavy atom. The van der Waals surface area contributed by atoms with Crippen LogP contribution in [0.25, 0.3) is 11.5 Å². The SMILES string of the molecule is CCN=C(Nc1nc(C)ncc1COCC)SC.CCN=C(Nc1nc(C)ncc1CSc1nnc(-c2ccc([N+](=O)[O-])cc2)o1)SC.CCOCc1cnc(C)nc1N. The average molecular weight is 881 g/mol. The van der Waals surface area contributed by atoms with Gasteiger partial charge in [0.2, 0.25) is 5.89 Å². The molecule has 0 spiro atoms. The van der Waals surface area contributed by atoms with Crippen LogP contribution in [0.2, 0.25) is 0 Å². The summed E-state index contributed by atoms with van der Waals surface area (Å²) in [4.78, 5) is 44.5. The van der Waals surface area contributed by atoms with Crippen molar-refractivity contribution in [3.63, 3.8) is 0 Å². The Morgan fingerprint density at radius 2 is 1.27 bits per heavy atom. The van der Waals surface area contributed by atoms with Gasteiger partial charge in [0.1, 0.15) is 34.9 Å². The third-order valence-electron chi connectivity index (χ3n) is 7.44. The minimum atomic E-state index is -0.457. The number of aliphatic imine (C=N–C) groups is 2. The van der Waals surface area contributed by atoms with Gasteiger partial charge in [-0.1, -0.05) is 35.3 Å². The summed E-state index contributed by atoms with van der Waals surface area (Å²) in [5, 5.41) is 27.3. The zero-order valence-corrected chi connectivity index (χ0v) is 37.7. The lowest BCUT2D eigenvalue weighted by Crippen LogP contribution is -2.13. The lowest BCUT2D eigenvalue weighted by Gasteiger charge is -2.11. The van der Waals surface area contributed by atoms with Crippen molar-refractivity contribution in [2.24, 2.45) is 9.98 Å². The number of rotatable bonds is 15. The van der Waals surface area contributed by atoms with Crippen LogP contribution in [0.3, 0.4) is 0 Å². The van der Waals surface area contributed by atoms with E-state index in [2.05, 4.69) is 60.7 Å². The van der Waals surface area contributed by atoms with E-state index in [-0.39, 0.29) is 5.69 Å². The number of ether oxygens (including phenoxy) is 2. The quantitative estimate of drug-likeness (QED) is 0.0301. The Labute approximate surface area is 362 Å². The molecule has 1 aromatic carbocycles. The van der Waals surface area contributed by atoms with Gasteiger partial charge in [-0.25, -0.2) is 29.9 Å². The number of nitrogens with one attached hydrogen (secondary N) is 2. The number of non-ortho nitro benzene ring substituents is 1. The average Bonchev–Trinajstić information content (AvgIpc) is 3.72. The Hall–Kier alpha value is -5.29. The van der Waals surface area contributed by atoms with Crippen LogP contribution in [-0.2, 0) is 28.4 Å². The predicted molar refractivity (Wildman–Crippen MR) is 242 cm³/mol. The fourth-order valence-electron chi connectivity index (χ4n) is 4.52. The van der Waals surface area contributed by atoms with Crippen LogP contribution in [0.1, 0.15) is 61.9 Å². The van der Waals surface area contributed by atoms with E-state index in [1.807, 2.05) is 54.1 Å². The molecule has 0 aliphatic carbocycles. The highest BCUT2D eigenvalue weighted by Gasteiger charge is 2.14. The topological polar surface area (TPSA) is 253 Å². The van der Waals surface area contributed by atoms with Crippen molar-refractivity contribution < 1.29 is 18.8 Å². The first kappa shape index (κ1) is 49.1. The molecule has 4 heterocycles. The maximum atomic E-state index is 10.8. The van der Waals surface area contributed by atoms with Crippen molar-refractivity contribution in [3.8, 4) is 11.5 Å². The predicted octanol–water partition coefficient (Wildman–Crippen LogP) is 7.56. The fourth-order valence-corrected chi connectivity index (χ4v) is 6.16. The summed E-state index contributed by atoms with van der Waals surface area (Å²) in [5.74, 6) is 4.85. The lowest BCUT2D eigenvalue weighted by atomic mass is 10.2. The van der Waals surface area contributed by atoms with Gasteiger partial charge in [0.15, 0.2) is 10.3 Å². The summed E-state index contributed by atoms with van der Waals surface area (Å²) in [6.07, 6.45) is 9.19. The maximum absolute atomic E-state index is 10.8. The molecule has 0 aliphatic rings. The number of hydrogen-bond acceptors (Lipinski definition) is 19. The highest BCUT2D eigenvalue weighted by atomic mass is 32.2. The van der Waals surface area contributed by atoms with Crippen LogP contribution in [0.15, 0.2) is 62.5 Å². The smallest absolute Gasteiger partial charge is 0.277 e. The third-order valence-corrected chi connectivity index (χ3v) is 9.54. The second-order valence-electron chi connectivity index (χ2n) is 11.9. The van der Waals surface area contributed by atoms with Crippen LogP contribution in [0.5, 0.6) is 0 Å². The molecule has 0 unspecified atom stereocenters. The number of nitrogen functional groups attached to an aromatic ring is 1. The van der Waals surface area contributed by atoms with Crippen molar-refractivity contribution in [3.05, 3.63) is 87.1 Å². The van der Waals surface area contributed by atoms with Gasteiger partial charge in [0, 0.05) is 85.0 Å². The number of nitro benzene ring substituents is 1. The molecule has 0 amide bonds. The molecule has 0 radical (unpaired) electrons. The number of anilines is 3. The monoisotopic (exact) mass is 880 g/mol. The van der Waals surface area contributed by atoms with Crippen LogP contribution >= 0.6 is 35.3 Å². The molecule has 0 fully saturated rings. The number of nitrogens with two attached hydrogens (primary N) is 1. The molecule has 4 aromatic heterocycles. The Bertz CT molecular complexity index is 2160. The lowest BCUT2D eigenvalue weighted by molar-refractivity contribution is -0.384. The summed E-state index contributed by atoms with van der Waals surface area (Å²) in [6, 6.07) is 5.95. The van der Waals surface area contributed by atoms with Gasteiger partial charge in [-0.05, 0) is 73.1 Å². The molecule has 0 atom stereocenters. The molecule has 19 nitrogen and oxygen atoms in total. The molecule has 4 N–H and O–H groups in total. The third kappa shape index (κ3) is 16.8. The van der Waals surface area contributed by atoms with Gasteiger partial charge in [-0.2, -0.15) is 0 Å². The minimum absolute atomic E-state index is 0.00323. The molecule has 60 heavy (non-hydrogen) atoms. The van der Waals surface area contributed by atoms with Crippen LogP contribution in [0.4, 0.5) is 23.1 Å². The van der Waals surface area contributed by atoms with E-state index in [1.54, 1.807) is 49.4 Å². The molecule has 5 aromatic rings. The maximum Gasteiger partial charge on any atom is 0.277 e. The molecule has 0 aliphatic heterocycles. The number of aryl methyl sites for hydroxylation is 3. The zero-order chi connectivity index (χ0) is 43.9. The normalized spacial score (nSPS) is 11.3. The van der Waals surface area contributed by atoms with Crippen molar-refractivity contribution in [2.75, 3.05) is 55.2 Å². The van der Waals surface area contributed by atoms with Crippen molar-refractivity contribution in [1.29, 1.82) is 0 Å². The Morgan fingerprint density at radius 3 is 1.77 bits per heavy atom. The molecular formula is C38H52N14O5S3. The largest absolute Gasteiger partial charge is 0.411 e. The molecule has 0 saturated carbocycles. The molecule has 0 bridgehead atoms. The molecule has 22 heteroatoms. The number of nitrogens with zero attached hydrogens (tertiary/aromatic N) is 11. The second kappa shape index (κ2) is 26.7. The number of benzene rings is 1. The summed E-state index contributed by atoms with van der Waals surface area (Å²) in [6.45, 7) is 17.1. The molecular weight excluding hydrogens is 829 g/mol. The zero-order valence-electron chi connectivity index (χ0n) is 35.3. The van der Waals surface area contributed by atoms with Gasteiger partial charge >= 0.3 is 0 Å². The molecule has 322 valence electrons. The van der Waals surface area contributed by atoms with E-state index in [0.717, 1.165) is 45.2 Å². The Kier molecular flexibility index (Phi) is 21.9. The van der Waals surface area contributed by atoms with Gasteiger partial charge < -0.3 is 30.3 Å². The first-order valence-corrected chi connectivity index (χ1v) is 22.2. The van der Waals surface area contributed by atoms with Crippen molar-refractivity contribution in [2.45, 2.75) is 72.7 Å². The fraction of sp³-hybridized carbons (Fsp3) is 0.421. The molecule has 0 saturated heterocycles.